The fourth-order valence-electron chi connectivity index (χ4n) is 1.34. The largest absolute Gasteiger partial charge is 0.394 e. The molecule has 0 amide bonds. The van der Waals surface area contributed by atoms with Crippen molar-refractivity contribution in [1.29, 1.82) is 0 Å². The monoisotopic (exact) mass is 284 g/mol. The summed E-state index contributed by atoms with van der Waals surface area (Å²) in [5.74, 6) is 0.0766. The minimum Gasteiger partial charge on any atom is -0.394 e. The third-order valence-corrected chi connectivity index (χ3v) is 2.72. The number of para-hydroxylation sites is 1. The third-order valence-electron chi connectivity index (χ3n) is 2.06. The van der Waals surface area contributed by atoms with E-state index in [1.807, 2.05) is 0 Å². The average Bonchev–Trinajstić information content (AvgIpc) is 2.51. The van der Waals surface area contributed by atoms with Crippen molar-refractivity contribution in [3.05, 3.63) is 34.7 Å². The molecular weight excluding hydrogens is 275 g/mol. The highest BCUT2D eigenvalue weighted by atomic mass is 79.9. The number of nitrogens with two attached hydrogens (primary N) is 1. The zero-order valence-electron chi connectivity index (χ0n) is 8.54. The SMILES string of the molecule is Cn1cc(N)c(Nc2c(F)cccc2Br)n1. The van der Waals surface area contributed by atoms with E-state index in [-0.39, 0.29) is 5.82 Å². The molecule has 1 aromatic heterocycles. The zero-order valence-corrected chi connectivity index (χ0v) is 10.1. The summed E-state index contributed by atoms with van der Waals surface area (Å²) < 4.78 is 15.7. The van der Waals surface area contributed by atoms with Gasteiger partial charge >= 0.3 is 0 Å². The molecule has 0 radical (unpaired) electrons. The number of nitrogens with one attached hydrogen (secondary N) is 1. The number of hydrogen-bond donors (Lipinski definition) is 2. The van der Waals surface area contributed by atoms with E-state index in [2.05, 4.69) is 26.3 Å². The van der Waals surface area contributed by atoms with E-state index in [1.165, 1.54) is 6.07 Å². The third kappa shape index (κ3) is 2.01. The summed E-state index contributed by atoms with van der Waals surface area (Å²) in [6.45, 7) is 0. The van der Waals surface area contributed by atoms with E-state index in [1.54, 1.807) is 30.1 Å². The van der Waals surface area contributed by atoms with E-state index < -0.39 is 0 Å². The van der Waals surface area contributed by atoms with E-state index in [0.717, 1.165) is 0 Å². The van der Waals surface area contributed by atoms with Crippen LogP contribution in [0.5, 0.6) is 0 Å². The van der Waals surface area contributed by atoms with Gasteiger partial charge in [0.25, 0.3) is 0 Å². The molecule has 16 heavy (non-hydrogen) atoms. The maximum absolute atomic E-state index is 13.5. The van der Waals surface area contributed by atoms with Crippen molar-refractivity contribution >= 4 is 33.1 Å². The Kier molecular flexibility index (Phi) is 2.82. The standard InChI is InChI=1S/C10H10BrFN4/c1-16-5-8(13)10(15-16)14-9-6(11)3-2-4-7(9)12/h2-5H,13H2,1H3,(H,14,15). The molecule has 0 atom stereocenters. The quantitative estimate of drug-likeness (QED) is 0.891. The highest BCUT2D eigenvalue weighted by molar-refractivity contribution is 9.10. The van der Waals surface area contributed by atoms with Gasteiger partial charge in [0.1, 0.15) is 5.82 Å². The molecular formula is C10H10BrFN4. The predicted octanol–water partition coefficient (Wildman–Crippen LogP) is 2.65. The van der Waals surface area contributed by atoms with Crippen LogP contribution in [0.1, 0.15) is 0 Å². The van der Waals surface area contributed by atoms with Gasteiger partial charge < -0.3 is 11.1 Å². The first kappa shape index (κ1) is 10.9. The molecule has 84 valence electrons. The van der Waals surface area contributed by atoms with Gasteiger partial charge in [-0.05, 0) is 28.1 Å². The lowest BCUT2D eigenvalue weighted by Crippen LogP contribution is -1.98. The fourth-order valence-corrected chi connectivity index (χ4v) is 1.78. The van der Waals surface area contributed by atoms with E-state index in [0.29, 0.717) is 21.7 Å². The van der Waals surface area contributed by atoms with Crippen LogP contribution in [0.4, 0.5) is 21.6 Å². The average molecular weight is 285 g/mol. The zero-order chi connectivity index (χ0) is 11.7. The van der Waals surface area contributed by atoms with Gasteiger partial charge in [-0.2, -0.15) is 5.10 Å². The van der Waals surface area contributed by atoms with Gasteiger partial charge in [0.05, 0.1) is 11.4 Å². The Morgan fingerprint density at radius 2 is 2.25 bits per heavy atom. The normalized spacial score (nSPS) is 10.4. The van der Waals surface area contributed by atoms with Crippen LogP contribution in [0.15, 0.2) is 28.9 Å². The molecule has 2 aromatic rings. The predicted molar refractivity (Wildman–Crippen MR) is 65.0 cm³/mol. The topological polar surface area (TPSA) is 55.9 Å². The summed E-state index contributed by atoms with van der Waals surface area (Å²) in [6, 6.07) is 4.73. The van der Waals surface area contributed by atoms with E-state index in [4.69, 9.17) is 5.73 Å². The fraction of sp³-hybridized carbons (Fsp3) is 0.100. The first-order chi connectivity index (χ1) is 7.58. The Labute approximate surface area is 100 Å². The maximum Gasteiger partial charge on any atom is 0.175 e. The lowest BCUT2D eigenvalue weighted by atomic mass is 10.3. The second-order valence-electron chi connectivity index (χ2n) is 3.33. The van der Waals surface area contributed by atoms with Crippen LogP contribution < -0.4 is 11.1 Å². The van der Waals surface area contributed by atoms with Crippen LogP contribution >= 0.6 is 15.9 Å². The summed E-state index contributed by atoms with van der Waals surface area (Å²) in [5, 5.41) is 6.93. The molecule has 6 heteroatoms. The number of halogens is 2. The summed E-state index contributed by atoms with van der Waals surface area (Å²) >= 11 is 3.26. The molecule has 3 N–H and O–H groups in total. The molecule has 0 fully saturated rings. The first-order valence-corrected chi connectivity index (χ1v) is 5.37. The lowest BCUT2D eigenvalue weighted by Gasteiger charge is -2.07. The number of aryl methyl sites for hydroxylation is 1. The second-order valence-corrected chi connectivity index (χ2v) is 4.18. The molecule has 2 rings (SSSR count). The van der Waals surface area contributed by atoms with Crippen molar-refractivity contribution in [3.63, 3.8) is 0 Å². The van der Waals surface area contributed by atoms with E-state index in [9.17, 15) is 4.39 Å². The number of hydrogen-bond acceptors (Lipinski definition) is 3. The Morgan fingerprint density at radius 1 is 1.50 bits per heavy atom. The minimum atomic E-state index is -0.362. The number of nitrogen functional groups attached to an aromatic ring is 1. The van der Waals surface area contributed by atoms with Crippen molar-refractivity contribution in [3.8, 4) is 0 Å². The van der Waals surface area contributed by atoms with Crippen LogP contribution in [0.2, 0.25) is 0 Å². The van der Waals surface area contributed by atoms with Gasteiger partial charge in [-0.25, -0.2) is 4.39 Å². The molecule has 0 aliphatic rings. The summed E-state index contributed by atoms with van der Waals surface area (Å²) in [6.07, 6.45) is 1.65. The first-order valence-electron chi connectivity index (χ1n) is 4.58. The van der Waals surface area contributed by atoms with Crippen LogP contribution in [0, 0.1) is 5.82 Å². The van der Waals surface area contributed by atoms with Gasteiger partial charge in [-0.3, -0.25) is 4.68 Å². The Bertz CT molecular complexity index is 503. The van der Waals surface area contributed by atoms with Crippen LogP contribution in [-0.4, -0.2) is 9.78 Å². The number of benzene rings is 1. The summed E-state index contributed by atoms with van der Waals surface area (Å²) in [7, 11) is 1.75. The molecule has 1 heterocycles. The van der Waals surface area contributed by atoms with Crippen LogP contribution in [0.3, 0.4) is 0 Å². The Hall–Kier alpha value is -1.56. The second kappa shape index (κ2) is 4.13. The number of anilines is 3. The van der Waals surface area contributed by atoms with Crippen LogP contribution in [-0.2, 0) is 7.05 Å². The highest BCUT2D eigenvalue weighted by Crippen LogP contribution is 2.29. The van der Waals surface area contributed by atoms with Crippen molar-refractivity contribution in [2.45, 2.75) is 0 Å². The molecule has 0 aliphatic carbocycles. The van der Waals surface area contributed by atoms with Gasteiger partial charge in [0, 0.05) is 17.7 Å². The molecule has 0 saturated heterocycles. The lowest BCUT2D eigenvalue weighted by molar-refractivity contribution is 0.631. The Morgan fingerprint density at radius 3 is 2.81 bits per heavy atom. The number of nitrogens with zero attached hydrogens (tertiary/aromatic N) is 2. The highest BCUT2D eigenvalue weighted by Gasteiger charge is 2.10. The molecule has 4 nitrogen and oxygen atoms in total. The molecule has 0 saturated carbocycles. The van der Waals surface area contributed by atoms with Gasteiger partial charge in [-0.1, -0.05) is 6.07 Å². The van der Waals surface area contributed by atoms with Gasteiger partial charge in [0.2, 0.25) is 0 Å². The maximum atomic E-state index is 13.5. The Balaban J connectivity index is 2.37. The van der Waals surface area contributed by atoms with Crippen molar-refractivity contribution in [2.24, 2.45) is 7.05 Å². The van der Waals surface area contributed by atoms with Gasteiger partial charge in [0.15, 0.2) is 5.82 Å². The molecule has 0 aliphatic heterocycles. The van der Waals surface area contributed by atoms with E-state index >= 15 is 0 Å². The summed E-state index contributed by atoms with van der Waals surface area (Å²) in [4.78, 5) is 0. The van der Waals surface area contributed by atoms with Crippen LogP contribution in [0.25, 0.3) is 0 Å². The van der Waals surface area contributed by atoms with Crippen molar-refractivity contribution in [1.82, 2.24) is 9.78 Å². The smallest absolute Gasteiger partial charge is 0.175 e. The number of aromatic nitrogens is 2. The summed E-state index contributed by atoms with van der Waals surface area (Å²) in [5.41, 5.74) is 6.50. The van der Waals surface area contributed by atoms with Gasteiger partial charge in [-0.15, -0.1) is 0 Å². The van der Waals surface area contributed by atoms with Crippen molar-refractivity contribution < 1.29 is 4.39 Å². The number of rotatable bonds is 2. The van der Waals surface area contributed by atoms with Crippen molar-refractivity contribution in [2.75, 3.05) is 11.1 Å². The molecule has 0 spiro atoms. The molecule has 1 aromatic carbocycles. The molecule has 0 unspecified atom stereocenters. The molecule has 0 bridgehead atoms. The minimum absolute atomic E-state index is 0.327.